The highest BCUT2D eigenvalue weighted by Gasteiger charge is 2.21. The SMILES string of the molecule is COC(=O)C(CSc1nc(C)c(C)c(C)n1)NC(C)=O. The van der Waals surface area contributed by atoms with Crippen LogP contribution in [-0.2, 0) is 14.3 Å². The molecule has 0 fully saturated rings. The Kier molecular flexibility index (Phi) is 5.94. The summed E-state index contributed by atoms with van der Waals surface area (Å²) in [5.41, 5.74) is 2.88. The molecule has 1 amide bonds. The van der Waals surface area contributed by atoms with Gasteiger partial charge in [-0.15, -0.1) is 0 Å². The number of carbonyl (C=O) groups is 2. The Hall–Kier alpha value is -1.63. The van der Waals surface area contributed by atoms with Gasteiger partial charge in [-0.2, -0.15) is 0 Å². The Balaban J connectivity index is 2.77. The first-order valence-corrected chi connectivity index (χ1v) is 7.13. The molecular weight excluding hydrogens is 278 g/mol. The van der Waals surface area contributed by atoms with E-state index in [0.717, 1.165) is 17.0 Å². The number of hydrogen-bond acceptors (Lipinski definition) is 6. The predicted molar refractivity (Wildman–Crippen MR) is 76.6 cm³/mol. The van der Waals surface area contributed by atoms with Crippen LogP contribution in [-0.4, -0.2) is 40.7 Å². The van der Waals surface area contributed by atoms with Crippen LogP contribution in [0.15, 0.2) is 5.16 Å². The van der Waals surface area contributed by atoms with Gasteiger partial charge < -0.3 is 10.1 Å². The van der Waals surface area contributed by atoms with Crippen molar-refractivity contribution in [1.29, 1.82) is 0 Å². The lowest BCUT2D eigenvalue weighted by atomic mass is 10.2. The summed E-state index contributed by atoms with van der Waals surface area (Å²) in [5, 5.41) is 3.14. The largest absolute Gasteiger partial charge is 0.467 e. The van der Waals surface area contributed by atoms with Crippen molar-refractivity contribution < 1.29 is 14.3 Å². The standard InChI is InChI=1S/C13H19N3O3S/c1-7-8(2)14-13(15-9(7)3)20-6-11(12(18)19-5)16-10(4)17/h11H,6H2,1-5H3,(H,16,17). The van der Waals surface area contributed by atoms with Gasteiger partial charge in [0.05, 0.1) is 7.11 Å². The molecule has 1 N–H and O–H groups in total. The molecular formula is C13H19N3O3S. The normalized spacial score (nSPS) is 11.8. The minimum Gasteiger partial charge on any atom is -0.467 e. The minimum atomic E-state index is -0.701. The third-order valence-electron chi connectivity index (χ3n) is 2.85. The summed E-state index contributed by atoms with van der Waals surface area (Å²) in [7, 11) is 1.29. The van der Waals surface area contributed by atoms with Crippen molar-refractivity contribution >= 4 is 23.6 Å². The van der Waals surface area contributed by atoms with E-state index >= 15 is 0 Å². The number of aryl methyl sites for hydroxylation is 2. The summed E-state index contributed by atoms with van der Waals surface area (Å²) in [6, 6.07) is -0.701. The molecule has 0 radical (unpaired) electrons. The van der Waals surface area contributed by atoms with Crippen LogP contribution < -0.4 is 5.32 Å². The maximum Gasteiger partial charge on any atom is 0.329 e. The zero-order chi connectivity index (χ0) is 15.3. The number of aromatic nitrogens is 2. The quantitative estimate of drug-likeness (QED) is 0.499. The van der Waals surface area contributed by atoms with Crippen LogP contribution in [0.25, 0.3) is 0 Å². The van der Waals surface area contributed by atoms with Crippen molar-refractivity contribution in [2.45, 2.75) is 38.9 Å². The van der Waals surface area contributed by atoms with E-state index < -0.39 is 12.0 Å². The average molecular weight is 297 g/mol. The molecule has 6 nitrogen and oxygen atoms in total. The molecule has 0 aliphatic heterocycles. The van der Waals surface area contributed by atoms with E-state index in [0.29, 0.717) is 10.9 Å². The number of methoxy groups -OCH3 is 1. The molecule has 1 aromatic heterocycles. The summed E-state index contributed by atoms with van der Waals surface area (Å²) < 4.78 is 4.66. The van der Waals surface area contributed by atoms with Gasteiger partial charge >= 0.3 is 5.97 Å². The lowest BCUT2D eigenvalue weighted by Gasteiger charge is -2.15. The first-order valence-electron chi connectivity index (χ1n) is 6.14. The summed E-state index contributed by atoms with van der Waals surface area (Å²) in [5.74, 6) is -0.430. The molecule has 0 saturated carbocycles. The second-order valence-electron chi connectivity index (χ2n) is 4.39. The molecule has 0 saturated heterocycles. The molecule has 0 aliphatic carbocycles. The van der Waals surface area contributed by atoms with Crippen LogP contribution in [0.3, 0.4) is 0 Å². The van der Waals surface area contributed by atoms with Gasteiger partial charge in [0.25, 0.3) is 0 Å². The molecule has 0 spiro atoms. The number of rotatable bonds is 5. The third-order valence-corrected chi connectivity index (χ3v) is 3.80. The highest BCUT2D eigenvalue weighted by atomic mass is 32.2. The van der Waals surface area contributed by atoms with Gasteiger partial charge in [0, 0.05) is 24.1 Å². The molecule has 0 aromatic carbocycles. The Morgan fingerprint density at radius 1 is 1.25 bits per heavy atom. The molecule has 110 valence electrons. The van der Waals surface area contributed by atoms with Crippen molar-refractivity contribution in [1.82, 2.24) is 15.3 Å². The van der Waals surface area contributed by atoms with E-state index in [1.807, 2.05) is 20.8 Å². The Labute approximate surface area is 122 Å². The monoisotopic (exact) mass is 297 g/mol. The summed E-state index contributed by atoms with van der Waals surface area (Å²) >= 11 is 1.31. The van der Waals surface area contributed by atoms with E-state index in [1.54, 1.807) is 0 Å². The van der Waals surface area contributed by atoms with Crippen LogP contribution in [0.5, 0.6) is 0 Å². The average Bonchev–Trinajstić information content (AvgIpc) is 2.39. The van der Waals surface area contributed by atoms with Gasteiger partial charge in [0.2, 0.25) is 5.91 Å². The van der Waals surface area contributed by atoms with Crippen LogP contribution in [0, 0.1) is 20.8 Å². The summed E-state index contributed by atoms with van der Waals surface area (Å²) in [4.78, 5) is 31.4. The van der Waals surface area contributed by atoms with E-state index in [9.17, 15) is 9.59 Å². The number of carbonyl (C=O) groups excluding carboxylic acids is 2. The Morgan fingerprint density at radius 2 is 1.80 bits per heavy atom. The lowest BCUT2D eigenvalue weighted by Crippen LogP contribution is -2.42. The maximum absolute atomic E-state index is 11.6. The van der Waals surface area contributed by atoms with Gasteiger partial charge in [0.1, 0.15) is 6.04 Å². The number of amides is 1. The molecule has 1 unspecified atom stereocenters. The maximum atomic E-state index is 11.6. The van der Waals surface area contributed by atoms with Gasteiger partial charge in [-0.3, -0.25) is 4.79 Å². The fourth-order valence-electron chi connectivity index (χ4n) is 1.52. The second kappa shape index (κ2) is 7.23. The smallest absolute Gasteiger partial charge is 0.329 e. The van der Waals surface area contributed by atoms with Crippen molar-refractivity contribution in [3.63, 3.8) is 0 Å². The van der Waals surface area contributed by atoms with Crippen LogP contribution in [0.1, 0.15) is 23.9 Å². The first kappa shape index (κ1) is 16.4. The number of ether oxygens (including phenoxy) is 1. The van der Waals surface area contributed by atoms with Crippen LogP contribution in [0.2, 0.25) is 0 Å². The minimum absolute atomic E-state index is 0.279. The summed E-state index contributed by atoms with van der Waals surface area (Å²) in [6.07, 6.45) is 0. The summed E-state index contributed by atoms with van der Waals surface area (Å²) in [6.45, 7) is 7.16. The number of hydrogen-bond donors (Lipinski definition) is 1. The third kappa shape index (κ3) is 4.48. The predicted octanol–water partition coefficient (Wildman–Crippen LogP) is 1.17. The number of nitrogens with zero attached hydrogens (tertiary/aromatic N) is 2. The molecule has 20 heavy (non-hydrogen) atoms. The fourth-order valence-corrected chi connectivity index (χ4v) is 2.46. The lowest BCUT2D eigenvalue weighted by molar-refractivity contribution is -0.144. The zero-order valence-corrected chi connectivity index (χ0v) is 13.1. The van der Waals surface area contributed by atoms with Crippen molar-refractivity contribution in [2.75, 3.05) is 12.9 Å². The second-order valence-corrected chi connectivity index (χ2v) is 5.38. The Bertz CT molecular complexity index is 497. The zero-order valence-electron chi connectivity index (χ0n) is 12.3. The molecule has 0 aliphatic rings. The van der Waals surface area contributed by atoms with Crippen molar-refractivity contribution in [2.24, 2.45) is 0 Å². The van der Waals surface area contributed by atoms with Gasteiger partial charge in [-0.05, 0) is 26.3 Å². The molecule has 1 aromatic rings. The first-order chi connectivity index (χ1) is 9.35. The highest BCUT2D eigenvalue weighted by molar-refractivity contribution is 7.99. The van der Waals surface area contributed by atoms with Gasteiger partial charge in [-0.1, -0.05) is 11.8 Å². The van der Waals surface area contributed by atoms with Crippen LogP contribution >= 0.6 is 11.8 Å². The molecule has 0 bridgehead atoms. The number of nitrogens with one attached hydrogen (secondary N) is 1. The topological polar surface area (TPSA) is 81.2 Å². The van der Waals surface area contributed by atoms with E-state index in [4.69, 9.17) is 0 Å². The van der Waals surface area contributed by atoms with E-state index in [1.165, 1.54) is 25.8 Å². The fraction of sp³-hybridized carbons (Fsp3) is 0.538. The number of thioether (sulfide) groups is 1. The molecule has 1 heterocycles. The van der Waals surface area contributed by atoms with Gasteiger partial charge in [0.15, 0.2) is 5.16 Å². The van der Waals surface area contributed by atoms with Crippen molar-refractivity contribution in [3.05, 3.63) is 17.0 Å². The van der Waals surface area contributed by atoms with Gasteiger partial charge in [-0.25, -0.2) is 14.8 Å². The Morgan fingerprint density at radius 3 is 2.25 bits per heavy atom. The van der Waals surface area contributed by atoms with Crippen LogP contribution in [0.4, 0.5) is 0 Å². The number of esters is 1. The van der Waals surface area contributed by atoms with E-state index in [-0.39, 0.29) is 5.91 Å². The van der Waals surface area contributed by atoms with Crippen molar-refractivity contribution in [3.8, 4) is 0 Å². The molecule has 1 atom stereocenters. The molecule has 1 rings (SSSR count). The van der Waals surface area contributed by atoms with E-state index in [2.05, 4.69) is 20.0 Å². The highest BCUT2D eigenvalue weighted by Crippen LogP contribution is 2.18. The molecule has 7 heteroatoms.